The van der Waals surface area contributed by atoms with Crippen LogP contribution in [0.3, 0.4) is 0 Å². The number of amides is 1. The minimum absolute atomic E-state index is 0.0751. The van der Waals surface area contributed by atoms with E-state index in [4.69, 9.17) is 0 Å². The molecule has 1 heterocycles. The van der Waals surface area contributed by atoms with E-state index in [1.807, 2.05) is 26.2 Å². The van der Waals surface area contributed by atoms with E-state index in [2.05, 4.69) is 15.2 Å². The summed E-state index contributed by atoms with van der Waals surface area (Å²) in [6.07, 6.45) is 1.67. The molecule has 0 unspecified atom stereocenters. The number of nitrogens with one attached hydrogen (secondary N) is 1. The minimum atomic E-state index is -0.0751. The van der Waals surface area contributed by atoms with Crippen LogP contribution in [0.25, 0.3) is 0 Å². The quantitative estimate of drug-likeness (QED) is 0.806. The van der Waals surface area contributed by atoms with Gasteiger partial charge in [0.1, 0.15) is 5.69 Å². The molecule has 0 saturated carbocycles. The van der Waals surface area contributed by atoms with E-state index in [-0.39, 0.29) is 5.91 Å². The molecule has 0 saturated heterocycles. The van der Waals surface area contributed by atoms with Crippen LogP contribution in [0.15, 0.2) is 18.3 Å². The number of likely N-dealkylation sites (N-methyl/N-ethyl adjacent to an activating group) is 2. The molecule has 5 nitrogen and oxygen atoms in total. The van der Waals surface area contributed by atoms with E-state index in [1.165, 1.54) is 4.90 Å². The summed E-state index contributed by atoms with van der Waals surface area (Å²) in [5.74, 6) is -0.0751. The van der Waals surface area contributed by atoms with Crippen LogP contribution in [0.4, 0.5) is 5.69 Å². The van der Waals surface area contributed by atoms with Gasteiger partial charge in [-0.2, -0.15) is 0 Å². The highest BCUT2D eigenvalue weighted by molar-refractivity contribution is 5.92. The molecule has 1 N–H and O–H groups in total. The van der Waals surface area contributed by atoms with Crippen molar-refractivity contribution in [3.05, 3.63) is 24.0 Å². The van der Waals surface area contributed by atoms with Gasteiger partial charge in [-0.1, -0.05) is 0 Å². The lowest BCUT2D eigenvalue weighted by Crippen LogP contribution is -2.28. The average Bonchev–Trinajstić information content (AvgIpc) is 2.35. The molecule has 1 aromatic rings. The number of hydrogen-bond acceptors (Lipinski definition) is 4. The van der Waals surface area contributed by atoms with Gasteiger partial charge in [-0.15, -0.1) is 0 Å². The Morgan fingerprint density at radius 2 is 2.12 bits per heavy atom. The Labute approximate surface area is 102 Å². The van der Waals surface area contributed by atoms with Crippen LogP contribution >= 0.6 is 0 Å². The summed E-state index contributed by atoms with van der Waals surface area (Å²) in [5, 5.41) is 3.09. The first-order valence-electron chi connectivity index (χ1n) is 5.59. The largest absolute Gasteiger partial charge is 0.373 e. The van der Waals surface area contributed by atoms with Gasteiger partial charge >= 0.3 is 0 Å². The normalized spacial score (nSPS) is 10.1. The summed E-state index contributed by atoms with van der Waals surface area (Å²) in [7, 11) is 7.36. The van der Waals surface area contributed by atoms with Gasteiger partial charge < -0.3 is 15.1 Å². The van der Waals surface area contributed by atoms with Crippen molar-refractivity contribution in [2.45, 2.75) is 0 Å². The molecule has 1 rings (SSSR count). The molecule has 0 bridgehead atoms. The molecule has 0 atom stereocenters. The molecule has 0 aliphatic heterocycles. The maximum Gasteiger partial charge on any atom is 0.272 e. The number of nitrogens with zero attached hydrogens (tertiary/aromatic N) is 3. The first-order chi connectivity index (χ1) is 8.06. The molecule has 0 aromatic carbocycles. The first kappa shape index (κ1) is 13.4. The Bertz CT molecular complexity index is 379. The molecular weight excluding hydrogens is 216 g/mol. The predicted molar refractivity (Wildman–Crippen MR) is 69.5 cm³/mol. The molecular formula is C12H20N4O. The van der Waals surface area contributed by atoms with Crippen LogP contribution in [-0.4, -0.2) is 57.1 Å². The van der Waals surface area contributed by atoms with E-state index in [0.29, 0.717) is 5.69 Å². The molecule has 0 spiro atoms. The lowest BCUT2D eigenvalue weighted by molar-refractivity contribution is 0.0822. The number of hydrogen-bond donors (Lipinski definition) is 1. The summed E-state index contributed by atoms with van der Waals surface area (Å²) in [6, 6.07) is 3.72. The number of rotatable bonds is 5. The molecule has 0 aliphatic rings. The minimum Gasteiger partial charge on any atom is -0.373 e. The SMILES string of the molecule is CNCCN(C)c1ccnc(C(=O)N(C)C)c1. The first-order valence-corrected chi connectivity index (χ1v) is 5.59. The Balaban J connectivity index is 2.82. The Hall–Kier alpha value is -1.62. The zero-order valence-corrected chi connectivity index (χ0v) is 10.9. The summed E-state index contributed by atoms with van der Waals surface area (Å²) in [6.45, 7) is 1.78. The zero-order valence-electron chi connectivity index (χ0n) is 10.9. The van der Waals surface area contributed by atoms with Crippen molar-refractivity contribution in [3.8, 4) is 0 Å². The van der Waals surface area contributed by atoms with Crippen LogP contribution < -0.4 is 10.2 Å². The van der Waals surface area contributed by atoms with Crippen molar-refractivity contribution in [1.29, 1.82) is 0 Å². The molecule has 1 amide bonds. The van der Waals surface area contributed by atoms with Gasteiger partial charge in [-0.25, -0.2) is 0 Å². The maximum atomic E-state index is 11.8. The molecule has 17 heavy (non-hydrogen) atoms. The summed E-state index contributed by atoms with van der Waals surface area (Å²) in [5.41, 5.74) is 1.48. The van der Waals surface area contributed by atoms with Gasteiger partial charge in [0.2, 0.25) is 0 Å². The third-order valence-corrected chi connectivity index (χ3v) is 2.51. The number of aromatic nitrogens is 1. The topological polar surface area (TPSA) is 48.5 Å². The molecule has 5 heteroatoms. The van der Waals surface area contributed by atoms with Crippen molar-refractivity contribution in [3.63, 3.8) is 0 Å². The van der Waals surface area contributed by atoms with Gasteiger partial charge in [0.05, 0.1) is 0 Å². The van der Waals surface area contributed by atoms with Crippen LogP contribution in [0.5, 0.6) is 0 Å². The lowest BCUT2D eigenvalue weighted by atomic mass is 10.2. The number of pyridine rings is 1. The highest BCUT2D eigenvalue weighted by Gasteiger charge is 2.11. The van der Waals surface area contributed by atoms with E-state index in [9.17, 15) is 4.79 Å². The third kappa shape index (κ3) is 3.71. The smallest absolute Gasteiger partial charge is 0.272 e. The fourth-order valence-corrected chi connectivity index (χ4v) is 1.41. The fraction of sp³-hybridized carbons (Fsp3) is 0.500. The van der Waals surface area contributed by atoms with E-state index < -0.39 is 0 Å². The molecule has 0 fully saturated rings. The molecule has 1 aromatic heterocycles. The highest BCUT2D eigenvalue weighted by Crippen LogP contribution is 2.13. The van der Waals surface area contributed by atoms with Gasteiger partial charge in [-0.05, 0) is 19.2 Å². The van der Waals surface area contributed by atoms with Crippen LogP contribution in [0.1, 0.15) is 10.5 Å². The standard InChI is InChI=1S/C12H20N4O/c1-13-7-8-16(4)10-5-6-14-11(9-10)12(17)15(2)3/h5-6,9,13H,7-8H2,1-4H3. The average molecular weight is 236 g/mol. The second kappa shape index (κ2) is 6.20. The predicted octanol–water partition coefficient (Wildman–Crippen LogP) is 0.439. The fourth-order valence-electron chi connectivity index (χ4n) is 1.41. The van der Waals surface area contributed by atoms with E-state index in [1.54, 1.807) is 20.3 Å². The number of carbonyl (C=O) groups excluding carboxylic acids is 1. The number of carbonyl (C=O) groups is 1. The van der Waals surface area contributed by atoms with Crippen molar-refractivity contribution in [1.82, 2.24) is 15.2 Å². The van der Waals surface area contributed by atoms with Crippen LogP contribution in [-0.2, 0) is 0 Å². The second-order valence-electron chi connectivity index (χ2n) is 4.12. The Kier molecular flexibility index (Phi) is 4.90. The van der Waals surface area contributed by atoms with Gasteiger partial charge in [0.25, 0.3) is 5.91 Å². The monoisotopic (exact) mass is 236 g/mol. The summed E-state index contributed by atoms with van der Waals surface area (Å²) in [4.78, 5) is 19.5. The van der Waals surface area contributed by atoms with E-state index in [0.717, 1.165) is 18.8 Å². The van der Waals surface area contributed by atoms with Gasteiger partial charge in [0.15, 0.2) is 0 Å². The van der Waals surface area contributed by atoms with Crippen molar-refractivity contribution >= 4 is 11.6 Å². The zero-order chi connectivity index (χ0) is 12.8. The van der Waals surface area contributed by atoms with Crippen LogP contribution in [0, 0.1) is 0 Å². The molecule has 94 valence electrons. The number of anilines is 1. The van der Waals surface area contributed by atoms with Crippen molar-refractivity contribution < 1.29 is 4.79 Å². The molecule has 0 radical (unpaired) electrons. The van der Waals surface area contributed by atoms with Crippen molar-refractivity contribution in [2.75, 3.05) is 46.2 Å². The Morgan fingerprint density at radius 1 is 1.41 bits per heavy atom. The summed E-state index contributed by atoms with van der Waals surface area (Å²) < 4.78 is 0. The van der Waals surface area contributed by atoms with Crippen molar-refractivity contribution in [2.24, 2.45) is 0 Å². The lowest BCUT2D eigenvalue weighted by Gasteiger charge is -2.19. The van der Waals surface area contributed by atoms with E-state index >= 15 is 0 Å². The van der Waals surface area contributed by atoms with Crippen LogP contribution in [0.2, 0.25) is 0 Å². The van der Waals surface area contributed by atoms with Gasteiger partial charge in [-0.3, -0.25) is 9.78 Å². The Morgan fingerprint density at radius 3 is 2.71 bits per heavy atom. The third-order valence-electron chi connectivity index (χ3n) is 2.51. The highest BCUT2D eigenvalue weighted by atomic mass is 16.2. The summed E-state index contributed by atoms with van der Waals surface area (Å²) >= 11 is 0. The molecule has 0 aliphatic carbocycles. The van der Waals surface area contributed by atoms with Gasteiger partial charge in [0, 0.05) is 46.1 Å². The maximum absolute atomic E-state index is 11.8. The second-order valence-corrected chi connectivity index (χ2v) is 4.12.